The summed E-state index contributed by atoms with van der Waals surface area (Å²) in [6.45, 7) is 2.85. The fourth-order valence-electron chi connectivity index (χ4n) is 1.06. The Labute approximate surface area is 60.5 Å². The third-order valence-corrected chi connectivity index (χ3v) is 1.62. The third kappa shape index (κ3) is 1.50. The van der Waals surface area contributed by atoms with E-state index in [4.69, 9.17) is 5.73 Å². The fourth-order valence-corrected chi connectivity index (χ4v) is 1.06. The molecule has 0 fully saturated rings. The average molecular weight is 140 g/mol. The van der Waals surface area contributed by atoms with Crippen molar-refractivity contribution in [2.45, 2.75) is 13.3 Å². The maximum absolute atomic E-state index is 10.6. The number of hydrogen-bond donors (Lipinski definition) is 1. The summed E-state index contributed by atoms with van der Waals surface area (Å²) in [6, 6.07) is -0.359. The summed E-state index contributed by atoms with van der Waals surface area (Å²) in [5.41, 5.74) is 5.07. The van der Waals surface area contributed by atoms with Gasteiger partial charge in [-0.3, -0.25) is 0 Å². The lowest BCUT2D eigenvalue weighted by molar-refractivity contribution is 0.216. The minimum Gasteiger partial charge on any atom is -0.351 e. The lowest BCUT2D eigenvalue weighted by atomic mass is 10.1. The zero-order chi connectivity index (χ0) is 7.56. The Morgan fingerprint density at radius 1 is 1.80 bits per heavy atom. The summed E-state index contributed by atoms with van der Waals surface area (Å²) in [7, 11) is 0. The average Bonchev–Trinajstić information content (AvgIpc) is 1.88. The molecule has 0 aromatic rings. The van der Waals surface area contributed by atoms with Gasteiger partial charge >= 0.3 is 6.03 Å². The van der Waals surface area contributed by atoms with Crippen LogP contribution in [0, 0.1) is 5.92 Å². The SMILES string of the molecule is CC1CC=CN(C(N)=O)C1. The van der Waals surface area contributed by atoms with E-state index in [1.54, 1.807) is 6.20 Å². The molecule has 0 spiro atoms. The molecule has 3 heteroatoms. The molecule has 1 rings (SSSR count). The van der Waals surface area contributed by atoms with Crippen LogP contribution in [0.25, 0.3) is 0 Å². The highest BCUT2D eigenvalue weighted by molar-refractivity contribution is 5.73. The van der Waals surface area contributed by atoms with Gasteiger partial charge in [0.2, 0.25) is 0 Å². The van der Waals surface area contributed by atoms with Crippen LogP contribution < -0.4 is 5.73 Å². The van der Waals surface area contributed by atoms with Gasteiger partial charge in [0.1, 0.15) is 0 Å². The largest absolute Gasteiger partial charge is 0.351 e. The number of carbonyl (C=O) groups excluding carboxylic acids is 1. The molecule has 3 nitrogen and oxygen atoms in total. The molecule has 0 saturated carbocycles. The maximum atomic E-state index is 10.6. The molecule has 56 valence electrons. The summed E-state index contributed by atoms with van der Waals surface area (Å²) in [5.74, 6) is 0.539. The zero-order valence-corrected chi connectivity index (χ0v) is 6.08. The van der Waals surface area contributed by atoms with Crippen LogP contribution in [0.1, 0.15) is 13.3 Å². The predicted octanol–water partition coefficient (Wildman–Crippen LogP) is 0.921. The maximum Gasteiger partial charge on any atom is 0.318 e. The molecule has 0 radical (unpaired) electrons. The van der Waals surface area contributed by atoms with Crippen molar-refractivity contribution < 1.29 is 4.79 Å². The Morgan fingerprint density at radius 2 is 2.50 bits per heavy atom. The van der Waals surface area contributed by atoms with Crippen LogP contribution in [-0.4, -0.2) is 17.5 Å². The number of allylic oxidation sites excluding steroid dienone is 1. The van der Waals surface area contributed by atoms with Crippen molar-refractivity contribution in [3.63, 3.8) is 0 Å². The second kappa shape index (κ2) is 2.73. The van der Waals surface area contributed by atoms with Crippen LogP contribution in [0.5, 0.6) is 0 Å². The minimum atomic E-state index is -0.359. The second-order valence-corrected chi connectivity index (χ2v) is 2.72. The summed E-state index contributed by atoms with van der Waals surface area (Å²) < 4.78 is 0. The van der Waals surface area contributed by atoms with Gasteiger partial charge in [0, 0.05) is 12.7 Å². The van der Waals surface area contributed by atoms with Crippen LogP contribution in [0.2, 0.25) is 0 Å². The van der Waals surface area contributed by atoms with Crippen molar-refractivity contribution in [2.24, 2.45) is 11.7 Å². The van der Waals surface area contributed by atoms with Crippen molar-refractivity contribution in [1.29, 1.82) is 0 Å². The van der Waals surface area contributed by atoms with E-state index in [9.17, 15) is 4.79 Å². The monoisotopic (exact) mass is 140 g/mol. The van der Waals surface area contributed by atoms with Crippen molar-refractivity contribution >= 4 is 6.03 Å². The molecule has 0 bridgehead atoms. The van der Waals surface area contributed by atoms with E-state index in [0.717, 1.165) is 13.0 Å². The molecule has 1 heterocycles. The van der Waals surface area contributed by atoms with Gasteiger partial charge in [-0.2, -0.15) is 0 Å². The molecule has 1 unspecified atom stereocenters. The molecule has 0 aromatic carbocycles. The molecule has 1 aliphatic rings. The van der Waals surface area contributed by atoms with Gasteiger partial charge in [-0.15, -0.1) is 0 Å². The Hall–Kier alpha value is -0.990. The van der Waals surface area contributed by atoms with Crippen LogP contribution in [0.4, 0.5) is 4.79 Å². The van der Waals surface area contributed by atoms with Gasteiger partial charge in [-0.1, -0.05) is 13.0 Å². The van der Waals surface area contributed by atoms with Crippen molar-refractivity contribution in [3.8, 4) is 0 Å². The lowest BCUT2D eigenvalue weighted by Crippen LogP contribution is -2.36. The summed E-state index contributed by atoms with van der Waals surface area (Å²) in [6.07, 6.45) is 4.77. The molecule has 2 N–H and O–H groups in total. The van der Waals surface area contributed by atoms with E-state index in [0.29, 0.717) is 5.92 Å². The molecule has 0 aromatic heterocycles. The quantitative estimate of drug-likeness (QED) is 0.534. The number of nitrogens with zero attached hydrogens (tertiary/aromatic N) is 1. The number of urea groups is 1. The van der Waals surface area contributed by atoms with Gasteiger partial charge in [-0.25, -0.2) is 4.79 Å². The second-order valence-electron chi connectivity index (χ2n) is 2.72. The van der Waals surface area contributed by atoms with Gasteiger partial charge in [0.15, 0.2) is 0 Å². The summed E-state index contributed by atoms with van der Waals surface area (Å²) in [4.78, 5) is 12.1. The topological polar surface area (TPSA) is 46.3 Å². The van der Waals surface area contributed by atoms with Crippen molar-refractivity contribution in [1.82, 2.24) is 4.90 Å². The van der Waals surface area contributed by atoms with Crippen LogP contribution in [0.3, 0.4) is 0 Å². The van der Waals surface area contributed by atoms with Crippen LogP contribution >= 0.6 is 0 Å². The third-order valence-electron chi connectivity index (χ3n) is 1.62. The van der Waals surface area contributed by atoms with E-state index in [2.05, 4.69) is 6.92 Å². The first kappa shape index (κ1) is 7.12. The first-order valence-corrected chi connectivity index (χ1v) is 3.43. The highest BCUT2D eigenvalue weighted by Crippen LogP contribution is 2.11. The van der Waals surface area contributed by atoms with Crippen LogP contribution in [-0.2, 0) is 0 Å². The Balaban J connectivity index is 2.55. The number of carbonyl (C=O) groups is 1. The highest BCUT2D eigenvalue weighted by Gasteiger charge is 2.13. The Kier molecular flexibility index (Phi) is 1.94. The molecule has 1 aliphatic heterocycles. The zero-order valence-electron chi connectivity index (χ0n) is 6.08. The molecular formula is C7H12N2O. The lowest BCUT2D eigenvalue weighted by Gasteiger charge is -2.23. The van der Waals surface area contributed by atoms with E-state index in [1.165, 1.54) is 4.90 Å². The van der Waals surface area contributed by atoms with Crippen LogP contribution in [0.15, 0.2) is 12.3 Å². The fraction of sp³-hybridized carbons (Fsp3) is 0.571. The number of nitrogens with two attached hydrogens (primary N) is 1. The van der Waals surface area contributed by atoms with E-state index < -0.39 is 0 Å². The van der Waals surface area contributed by atoms with E-state index in [-0.39, 0.29) is 6.03 Å². The van der Waals surface area contributed by atoms with Gasteiger partial charge in [-0.05, 0) is 12.3 Å². The van der Waals surface area contributed by atoms with Gasteiger partial charge in [0.25, 0.3) is 0 Å². The van der Waals surface area contributed by atoms with Crippen molar-refractivity contribution in [2.75, 3.05) is 6.54 Å². The van der Waals surface area contributed by atoms with Gasteiger partial charge < -0.3 is 10.6 Å². The first-order chi connectivity index (χ1) is 4.70. The number of rotatable bonds is 0. The van der Waals surface area contributed by atoms with Crippen molar-refractivity contribution in [3.05, 3.63) is 12.3 Å². The number of hydrogen-bond acceptors (Lipinski definition) is 1. The molecular weight excluding hydrogens is 128 g/mol. The normalized spacial score (nSPS) is 24.9. The summed E-state index contributed by atoms with van der Waals surface area (Å²) in [5, 5.41) is 0. The molecule has 0 aliphatic carbocycles. The molecule has 10 heavy (non-hydrogen) atoms. The Bertz CT molecular complexity index is 165. The molecule has 2 amide bonds. The summed E-state index contributed by atoms with van der Waals surface area (Å²) >= 11 is 0. The van der Waals surface area contributed by atoms with E-state index >= 15 is 0 Å². The smallest absolute Gasteiger partial charge is 0.318 e. The molecule has 0 saturated heterocycles. The Morgan fingerprint density at radius 3 is 2.90 bits per heavy atom. The number of amides is 2. The predicted molar refractivity (Wildman–Crippen MR) is 39.2 cm³/mol. The van der Waals surface area contributed by atoms with E-state index in [1.807, 2.05) is 6.08 Å². The molecule has 1 atom stereocenters. The first-order valence-electron chi connectivity index (χ1n) is 3.43. The highest BCUT2D eigenvalue weighted by atomic mass is 16.2. The standard InChI is InChI=1S/C7H12N2O/c1-6-3-2-4-9(5-6)7(8)10/h2,4,6H,3,5H2,1H3,(H2,8,10). The minimum absolute atomic E-state index is 0.359. The van der Waals surface area contributed by atoms with Gasteiger partial charge in [0.05, 0.1) is 0 Å². The number of primary amides is 1.